The summed E-state index contributed by atoms with van der Waals surface area (Å²) >= 11 is 1.49. The summed E-state index contributed by atoms with van der Waals surface area (Å²) in [4.78, 5) is 0. The number of thiophene rings is 1. The number of rotatable bonds is 4. The molecule has 3 N–H and O–H groups in total. The number of aliphatic hydroxyl groups excluding tert-OH is 3. The van der Waals surface area contributed by atoms with Gasteiger partial charge in [0.25, 0.3) is 0 Å². The van der Waals surface area contributed by atoms with Crippen molar-refractivity contribution in [2.24, 2.45) is 0 Å². The summed E-state index contributed by atoms with van der Waals surface area (Å²) in [6, 6.07) is 0. The van der Waals surface area contributed by atoms with Crippen LogP contribution in [0.2, 0.25) is 0 Å². The Bertz CT molecular complexity index is 364. The second-order valence-electron chi connectivity index (χ2n) is 4.19. The Morgan fingerprint density at radius 3 is 2.76 bits per heavy atom. The van der Waals surface area contributed by atoms with E-state index in [0.29, 0.717) is 12.4 Å². The van der Waals surface area contributed by atoms with E-state index in [-0.39, 0.29) is 12.5 Å². The van der Waals surface area contributed by atoms with Crippen molar-refractivity contribution >= 4 is 11.3 Å². The molecule has 5 nitrogen and oxygen atoms in total. The van der Waals surface area contributed by atoms with Crippen LogP contribution in [0.1, 0.15) is 13.3 Å². The number of fused-ring (bicyclic) bond motifs is 1. The van der Waals surface area contributed by atoms with E-state index in [4.69, 9.17) is 14.6 Å². The molecule has 0 amide bonds. The highest BCUT2D eigenvalue weighted by Gasteiger charge is 2.29. The fourth-order valence-electron chi connectivity index (χ4n) is 1.71. The van der Waals surface area contributed by atoms with Gasteiger partial charge in [0, 0.05) is 17.2 Å². The highest BCUT2D eigenvalue weighted by Crippen LogP contribution is 2.36. The summed E-state index contributed by atoms with van der Waals surface area (Å²) < 4.78 is 11.1. The Hall–Kier alpha value is -0.820. The summed E-state index contributed by atoms with van der Waals surface area (Å²) in [6.07, 6.45) is -3.24. The predicted octanol–water partition coefficient (Wildman–Crippen LogP) is 0.381. The number of ether oxygens (including phenoxy) is 2. The van der Waals surface area contributed by atoms with Gasteiger partial charge in [-0.2, -0.15) is 0 Å². The van der Waals surface area contributed by atoms with Crippen LogP contribution in [0.25, 0.3) is 0 Å². The maximum atomic E-state index is 9.70. The van der Waals surface area contributed by atoms with Gasteiger partial charge >= 0.3 is 0 Å². The number of aliphatic hydroxyl groups is 3. The molecular formula is C11H16O5S. The molecule has 0 fully saturated rings. The Kier molecular flexibility index (Phi) is 3.88. The lowest BCUT2D eigenvalue weighted by atomic mass is 10.0. The largest absolute Gasteiger partial charge is 0.485 e. The average molecular weight is 260 g/mol. The van der Waals surface area contributed by atoms with E-state index in [1.54, 1.807) is 0 Å². The van der Waals surface area contributed by atoms with Gasteiger partial charge in [-0.15, -0.1) is 11.3 Å². The van der Waals surface area contributed by atoms with Crippen LogP contribution in [0, 0.1) is 0 Å². The van der Waals surface area contributed by atoms with Gasteiger partial charge in [0.2, 0.25) is 0 Å². The quantitative estimate of drug-likeness (QED) is 0.729. The average Bonchev–Trinajstić information content (AvgIpc) is 2.74. The molecule has 1 aromatic heterocycles. The van der Waals surface area contributed by atoms with Crippen molar-refractivity contribution in [1.29, 1.82) is 0 Å². The molecule has 17 heavy (non-hydrogen) atoms. The number of hydrogen-bond acceptors (Lipinski definition) is 6. The molecule has 0 saturated carbocycles. The molecule has 2 rings (SSSR count). The van der Waals surface area contributed by atoms with E-state index in [2.05, 4.69) is 0 Å². The summed E-state index contributed by atoms with van der Waals surface area (Å²) in [6.45, 7) is 1.77. The first kappa shape index (κ1) is 12.6. The lowest BCUT2D eigenvalue weighted by molar-refractivity contribution is -0.0703. The molecule has 4 unspecified atom stereocenters. The topological polar surface area (TPSA) is 79.2 Å². The van der Waals surface area contributed by atoms with E-state index in [0.717, 1.165) is 5.75 Å². The van der Waals surface area contributed by atoms with Gasteiger partial charge in [0.15, 0.2) is 11.5 Å². The van der Waals surface area contributed by atoms with Crippen LogP contribution in [-0.4, -0.2) is 46.3 Å². The van der Waals surface area contributed by atoms with E-state index in [9.17, 15) is 10.2 Å². The molecule has 0 spiro atoms. The Labute approximate surface area is 103 Å². The SMILES string of the molecule is CC(O)C(O)C(O)CC1COc2cscc2O1. The second-order valence-corrected chi connectivity index (χ2v) is 4.93. The molecule has 1 aromatic rings. The molecule has 0 aliphatic carbocycles. The van der Waals surface area contributed by atoms with Gasteiger partial charge in [0.05, 0.1) is 12.2 Å². The minimum Gasteiger partial charge on any atom is -0.485 e. The second kappa shape index (κ2) is 5.22. The monoisotopic (exact) mass is 260 g/mol. The molecule has 6 heteroatoms. The van der Waals surface area contributed by atoms with Crippen molar-refractivity contribution in [2.45, 2.75) is 37.8 Å². The Morgan fingerprint density at radius 2 is 2.06 bits per heavy atom. The van der Waals surface area contributed by atoms with Crippen molar-refractivity contribution in [3.8, 4) is 11.5 Å². The third-order valence-corrected chi connectivity index (χ3v) is 3.40. The van der Waals surface area contributed by atoms with Gasteiger partial charge in [-0.25, -0.2) is 0 Å². The van der Waals surface area contributed by atoms with Crippen LogP contribution in [-0.2, 0) is 0 Å². The van der Waals surface area contributed by atoms with Gasteiger partial charge < -0.3 is 24.8 Å². The van der Waals surface area contributed by atoms with E-state index in [1.165, 1.54) is 18.3 Å². The third kappa shape index (κ3) is 2.90. The van der Waals surface area contributed by atoms with Crippen molar-refractivity contribution in [2.75, 3.05) is 6.61 Å². The summed E-state index contributed by atoms with van der Waals surface area (Å²) in [5.74, 6) is 1.39. The fraction of sp³-hybridized carbons (Fsp3) is 0.636. The van der Waals surface area contributed by atoms with Crippen molar-refractivity contribution in [3.63, 3.8) is 0 Å². The Morgan fingerprint density at radius 1 is 1.35 bits per heavy atom. The minimum absolute atomic E-state index is 0.224. The third-order valence-electron chi connectivity index (χ3n) is 2.70. The molecule has 4 atom stereocenters. The fourth-order valence-corrected chi connectivity index (χ4v) is 2.38. The van der Waals surface area contributed by atoms with Crippen LogP contribution < -0.4 is 9.47 Å². The van der Waals surface area contributed by atoms with Crippen molar-refractivity contribution in [1.82, 2.24) is 0 Å². The maximum Gasteiger partial charge on any atom is 0.172 e. The zero-order valence-electron chi connectivity index (χ0n) is 9.44. The van der Waals surface area contributed by atoms with Crippen LogP contribution in [0.5, 0.6) is 11.5 Å². The summed E-state index contributed by atoms with van der Waals surface area (Å²) in [5.41, 5.74) is 0. The van der Waals surface area contributed by atoms with E-state index >= 15 is 0 Å². The highest BCUT2D eigenvalue weighted by molar-refractivity contribution is 7.08. The molecule has 0 aromatic carbocycles. The standard InChI is InChI=1S/C11H16O5S/c1-6(12)11(14)8(13)2-7-3-15-9-4-17-5-10(9)16-7/h4-8,11-14H,2-3H2,1H3. The first-order chi connectivity index (χ1) is 8.08. The zero-order valence-corrected chi connectivity index (χ0v) is 10.3. The van der Waals surface area contributed by atoms with Crippen LogP contribution in [0.4, 0.5) is 0 Å². The molecule has 0 radical (unpaired) electrons. The smallest absolute Gasteiger partial charge is 0.172 e. The summed E-state index contributed by atoms with van der Waals surface area (Å²) in [7, 11) is 0. The lowest BCUT2D eigenvalue weighted by Gasteiger charge is -2.28. The summed E-state index contributed by atoms with van der Waals surface area (Å²) in [5, 5.41) is 32.0. The first-order valence-corrected chi connectivity index (χ1v) is 6.42. The molecule has 96 valence electrons. The molecule has 0 saturated heterocycles. The molecule has 1 aliphatic rings. The number of hydrogen-bond donors (Lipinski definition) is 3. The zero-order chi connectivity index (χ0) is 12.4. The van der Waals surface area contributed by atoms with E-state index in [1.807, 2.05) is 10.8 Å². The Balaban J connectivity index is 1.89. The predicted molar refractivity (Wildman–Crippen MR) is 62.5 cm³/mol. The van der Waals surface area contributed by atoms with Crippen molar-refractivity contribution in [3.05, 3.63) is 10.8 Å². The van der Waals surface area contributed by atoms with Crippen LogP contribution in [0.15, 0.2) is 10.8 Å². The van der Waals surface area contributed by atoms with Gasteiger partial charge in [0.1, 0.15) is 18.8 Å². The molecular weight excluding hydrogens is 244 g/mol. The van der Waals surface area contributed by atoms with Gasteiger partial charge in [-0.3, -0.25) is 0 Å². The minimum atomic E-state index is -1.16. The first-order valence-electron chi connectivity index (χ1n) is 5.47. The van der Waals surface area contributed by atoms with Gasteiger partial charge in [-0.1, -0.05) is 0 Å². The van der Waals surface area contributed by atoms with Gasteiger partial charge in [-0.05, 0) is 6.92 Å². The normalized spacial score (nSPS) is 24.1. The van der Waals surface area contributed by atoms with E-state index < -0.39 is 18.3 Å². The van der Waals surface area contributed by atoms with Crippen molar-refractivity contribution < 1.29 is 24.8 Å². The van der Waals surface area contributed by atoms with Crippen LogP contribution in [0.3, 0.4) is 0 Å². The molecule has 1 aliphatic heterocycles. The molecule has 0 bridgehead atoms. The lowest BCUT2D eigenvalue weighted by Crippen LogP contribution is -2.41. The maximum absolute atomic E-state index is 9.70. The van der Waals surface area contributed by atoms with Crippen LogP contribution >= 0.6 is 11.3 Å². The molecule has 2 heterocycles. The highest BCUT2D eigenvalue weighted by atomic mass is 32.1.